The molecular formula is C13H17N3. The van der Waals surface area contributed by atoms with Gasteiger partial charge in [-0.3, -0.25) is 4.68 Å². The molecule has 2 rings (SSSR count). The van der Waals surface area contributed by atoms with Crippen LogP contribution in [0, 0.1) is 0 Å². The minimum absolute atomic E-state index is 0.880. The highest BCUT2D eigenvalue weighted by atomic mass is 15.3. The summed E-state index contributed by atoms with van der Waals surface area (Å²) in [6.07, 6.45) is 5.04. The van der Waals surface area contributed by atoms with E-state index >= 15 is 0 Å². The van der Waals surface area contributed by atoms with E-state index in [1.165, 1.54) is 11.1 Å². The van der Waals surface area contributed by atoms with E-state index in [2.05, 4.69) is 40.9 Å². The Labute approximate surface area is 96.1 Å². The van der Waals surface area contributed by atoms with Crippen molar-refractivity contribution >= 4 is 0 Å². The Kier molecular flexibility index (Phi) is 3.72. The molecule has 16 heavy (non-hydrogen) atoms. The lowest BCUT2D eigenvalue weighted by Crippen LogP contribution is -2.04. The number of rotatable bonds is 5. The largest absolute Gasteiger partial charge is 0.316 e. The van der Waals surface area contributed by atoms with Gasteiger partial charge in [-0.2, -0.15) is 5.10 Å². The second-order valence-corrected chi connectivity index (χ2v) is 3.88. The van der Waals surface area contributed by atoms with E-state index < -0.39 is 0 Å². The minimum Gasteiger partial charge on any atom is -0.316 e. The van der Waals surface area contributed by atoms with Gasteiger partial charge in [0.1, 0.15) is 0 Å². The number of nitrogens with one attached hydrogen (secondary N) is 1. The van der Waals surface area contributed by atoms with Gasteiger partial charge in [0.25, 0.3) is 0 Å². The first-order valence-corrected chi connectivity index (χ1v) is 5.58. The van der Waals surface area contributed by atoms with Crippen molar-refractivity contribution < 1.29 is 0 Å². The maximum Gasteiger partial charge on any atom is 0.0534 e. The number of hydrogen-bond acceptors (Lipinski definition) is 2. The highest BCUT2D eigenvalue weighted by molar-refractivity contribution is 5.14. The standard InChI is InChI=1S/C13H17N3/c1-14-9-13-10-15-16(11-13)8-7-12-5-3-2-4-6-12/h2-6,10-11,14H,7-9H2,1H3. The van der Waals surface area contributed by atoms with Gasteiger partial charge in [-0.25, -0.2) is 0 Å². The Morgan fingerprint density at radius 1 is 1.19 bits per heavy atom. The van der Waals surface area contributed by atoms with Crippen LogP contribution in [-0.4, -0.2) is 16.8 Å². The first-order valence-electron chi connectivity index (χ1n) is 5.58. The number of benzene rings is 1. The molecule has 0 unspecified atom stereocenters. The van der Waals surface area contributed by atoms with Crippen LogP contribution in [0.3, 0.4) is 0 Å². The quantitative estimate of drug-likeness (QED) is 0.825. The number of aromatic nitrogens is 2. The topological polar surface area (TPSA) is 29.9 Å². The van der Waals surface area contributed by atoms with Crippen molar-refractivity contribution in [3.05, 3.63) is 53.9 Å². The fraction of sp³-hybridized carbons (Fsp3) is 0.308. The molecule has 0 saturated carbocycles. The van der Waals surface area contributed by atoms with Crippen molar-refractivity contribution in [2.75, 3.05) is 7.05 Å². The molecule has 0 aliphatic rings. The first-order chi connectivity index (χ1) is 7.88. The molecule has 1 aromatic heterocycles. The fourth-order valence-corrected chi connectivity index (χ4v) is 1.71. The van der Waals surface area contributed by atoms with Crippen LogP contribution in [0.15, 0.2) is 42.7 Å². The minimum atomic E-state index is 0.880. The van der Waals surface area contributed by atoms with Crippen molar-refractivity contribution in [2.45, 2.75) is 19.5 Å². The van der Waals surface area contributed by atoms with Crippen molar-refractivity contribution in [3.63, 3.8) is 0 Å². The molecule has 1 heterocycles. The van der Waals surface area contributed by atoms with Crippen LogP contribution in [-0.2, 0) is 19.5 Å². The van der Waals surface area contributed by atoms with Gasteiger partial charge in [-0.1, -0.05) is 30.3 Å². The average Bonchev–Trinajstić information content (AvgIpc) is 2.76. The van der Waals surface area contributed by atoms with Crippen LogP contribution >= 0.6 is 0 Å². The molecule has 3 heteroatoms. The highest BCUT2D eigenvalue weighted by Crippen LogP contribution is 2.03. The lowest BCUT2D eigenvalue weighted by Gasteiger charge is -2.01. The molecule has 0 radical (unpaired) electrons. The van der Waals surface area contributed by atoms with Crippen molar-refractivity contribution in [2.24, 2.45) is 0 Å². The zero-order valence-electron chi connectivity index (χ0n) is 9.56. The van der Waals surface area contributed by atoms with E-state index in [-0.39, 0.29) is 0 Å². The molecule has 0 fully saturated rings. The SMILES string of the molecule is CNCc1cnn(CCc2ccccc2)c1. The number of hydrogen-bond donors (Lipinski definition) is 1. The normalized spacial score (nSPS) is 10.6. The third-order valence-electron chi connectivity index (χ3n) is 2.54. The van der Waals surface area contributed by atoms with Gasteiger partial charge in [0.2, 0.25) is 0 Å². The summed E-state index contributed by atoms with van der Waals surface area (Å²) in [5.74, 6) is 0. The smallest absolute Gasteiger partial charge is 0.0534 e. The third kappa shape index (κ3) is 2.94. The van der Waals surface area contributed by atoms with Crippen molar-refractivity contribution in [1.29, 1.82) is 0 Å². The fourth-order valence-electron chi connectivity index (χ4n) is 1.71. The maximum atomic E-state index is 4.33. The van der Waals surface area contributed by atoms with Crippen LogP contribution in [0.2, 0.25) is 0 Å². The summed E-state index contributed by atoms with van der Waals surface area (Å²) in [5, 5.41) is 7.44. The number of aryl methyl sites for hydroxylation is 2. The molecule has 0 aliphatic heterocycles. The predicted octanol–water partition coefficient (Wildman–Crippen LogP) is 1.85. The van der Waals surface area contributed by atoms with Gasteiger partial charge in [-0.15, -0.1) is 0 Å². The summed E-state index contributed by atoms with van der Waals surface area (Å²) in [6, 6.07) is 10.5. The molecule has 0 amide bonds. The van der Waals surface area contributed by atoms with Gasteiger partial charge in [0.05, 0.1) is 6.20 Å². The zero-order chi connectivity index (χ0) is 11.2. The molecule has 2 aromatic rings. The molecule has 0 bridgehead atoms. The first kappa shape index (κ1) is 10.9. The summed E-state index contributed by atoms with van der Waals surface area (Å²) < 4.78 is 2.00. The van der Waals surface area contributed by atoms with E-state index in [9.17, 15) is 0 Å². The molecule has 1 N–H and O–H groups in total. The monoisotopic (exact) mass is 215 g/mol. The summed E-state index contributed by atoms with van der Waals surface area (Å²) in [5.41, 5.74) is 2.59. The van der Waals surface area contributed by atoms with Crippen molar-refractivity contribution in [3.8, 4) is 0 Å². The lowest BCUT2D eigenvalue weighted by atomic mass is 10.1. The van der Waals surface area contributed by atoms with Gasteiger partial charge < -0.3 is 5.32 Å². The molecule has 0 atom stereocenters. The van der Waals surface area contributed by atoms with Gasteiger partial charge >= 0.3 is 0 Å². The molecule has 3 nitrogen and oxygen atoms in total. The van der Waals surface area contributed by atoms with Crippen LogP contribution in [0.4, 0.5) is 0 Å². The molecule has 0 saturated heterocycles. The lowest BCUT2D eigenvalue weighted by molar-refractivity contribution is 0.614. The Morgan fingerprint density at radius 3 is 2.75 bits per heavy atom. The van der Waals surface area contributed by atoms with E-state index in [0.29, 0.717) is 0 Å². The number of nitrogens with zero attached hydrogens (tertiary/aromatic N) is 2. The van der Waals surface area contributed by atoms with E-state index in [4.69, 9.17) is 0 Å². The predicted molar refractivity (Wildman–Crippen MR) is 65.1 cm³/mol. The van der Waals surface area contributed by atoms with E-state index in [1.807, 2.05) is 24.0 Å². The summed E-state index contributed by atoms with van der Waals surface area (Å²) >= 11 is 0. The Morgan fingerprint density at radius 2 is 2.00 bits per heavy atom. The Hall–Kier alpha value is -1.61. The second-order valence-electron chi connectivity index (χ2n) is 3.88. The Bertz CT molecular complexity index is 420. The van der Waals surface area contributed by atoms with E-state index in [0.717, 1.165) is 19.5 Å². The summed E-state index contributed by atoms with van der Waals surface area (Å²) in [4.78, 5) is 0. The average molecular weight is 215 g/mol. The van der Waals surface area contributed by atoms with Gasteiger partial charge in [0, 0.05) is 24.8 Å². The summed E-state index contributed by atoms with van der Waals surface area (Å²) in [7, 11) is 1.95. The molecule has 0 aliphatic carbocycles. The molecule has 1 aromatic carbocycles. The van der Waals surface area contributed by atoms with Gasteiger partial charge in [-0.05, 0) is 19.0 Å². The van der Waals surface area contributed by atoms with Gasteiger partial charge in [0.15, 0.2) is 0 Å². The zero-order valence-corrected chi connectivity index (χ0v) is 9.56. The van der Waals surface area contributed by atoms with E-state index in [1.54, 1.807) is 0 Å². The molecule has 84 valence electrons. The van der Waals surface area contributed by atoms with Crippen LogP contribution in [0.5, 0.6) is 0 Å². The maximum absolute atomic E-state index is 4.33. The second kappa shape index (κ2) is 5.47. The third-order valence-corrected chi connectivity index (χ3v) is 2.54. The molecule has 0 spiro atoms. The molecular weight excluding hydrogens is 198 g/mol. The van der Waals surface area contributed by atoms with Crippen LogP contribution in [0.1, 0.15) is 11.1 Å². The Balaban J connectivity index is 1.89. The summed E-state index contributed by atoms with van der Waals surface area (Å²) in [6.45, 7) is 1.82. The van der Waals surface area contributed by atoms with Crippen LogP contribution in [0.25, 0.3) is 0 Å². The van der Waals surface area contributed by atoms with Crippen LogP contribution < -0.4 is 5.32 Å². The highest BCUT2D eigenvalue weighted by Gasteiger charge is 1.97. The van der Waals surface area contributed by atoms with Crippen molar-refractivity contribution in [1.82, 2.24) is 15.1 Å².